The number of carbonyl (C=O) groups excluding carboxylic acids is 2. The van der Waals surface area contributed by atoms with E-state index in [1.807, 2.05) is 48.5 Å². The van der Waals surface area contributed by atoms with Crippen LogP contribution < -0.4 is 11.1 Å². The Balaban J connectivity index is 1.61. The Hall–Kier alpha value is -3.47. The minimum absolute atomic E-state index is 0.206. The fraction of sp³-hybridized carbons (Fsp3) is 0.130. The van der Waals surface area contributed by atoms with E-state index in [0.717, 1.165) is 27.8 Å². The van der Waals surface area contributed by atoms with E-state index in [4.69, 9.17) is 5.73 Å². The molecule has 0 fully saturated rings. The largest absolute Gasteiger partial charge is 0.368 e. The van der Waals surface area contributed by atoms with Crippen LogP contribution in [0, 0.1) is 5.82 Å². The van der Waals surface area contributed by atoms with Crippen molar-refractivity contribution in [2.24, 2.45) is 5.73 Å². The Morgan fingerprint density at radius 2 is 1.43 bits per heavy atom. The Morgan fingerprint density at radius 3 is 1.96 bits per heavy atom. The van der Waals surface area contributed by atoms with Crippen molar-refractivity contribution >= 4 is 11.8 Å². The van der Waals surface area contributed by atoms with Crippen LogP contribution in [-0.2, 0) is 16.0 Å². The number of nitrogens with two attached hydrogens (primary N) is 1. The second-order valence-electron chi connectivity index (χ2n) is 6.90. The summed E-state index contributed by atoms with van der Waals surface area (Å²) < 4.78 is 13.1. The number of amides is 2. The van der Waals surface area contributed by atoms with E-state index in [2.05, 4.69) is 5.32 Å². The summed E-state index contributed by atoms with van der Waals surface area (Å²) >= 11 is 0. The number of hydrogen-bond acceptors (Lipinski definition) is 2. The molecule has 140 valence electrons. The van der Waals surface area contributed by atoms with E-state index in [1.54, 1.807) is 12.1 Å². The van der Waals surface area contributed by atoms with Crippen LogP contribution in [0.4, 0.5) is 4.39 Å². The van der Waals surface area contributed by atoms with E-state index in [0.29, 0.717) is 0 Å². The van der Waals surface area contributed by atoms with Gasteiger partial charge in [0.1, 0.15) is 11.9 Å². The summed E-state index contributed by atoms with van der Waals surface area (Å²) in [5.41, 5.74) is 10.1. The lowest BCUT2D eigenvalue weighted by molar-refractivity contribution is -0.127. The smallest absolute Gasteiger partial charge is 0.240 e. The molecular formula is C23H19FN2O2. The number of fused-ring (bicyclic) bond motifs is 3. The summed E-state index contributed by atoms with van der Waals surface area (Å²) in [5, 5.41) is 2.80. The van der Waals surface area contributed by atoms with Crippen LogP contribution >= 0.6 is 0 Å². The van der Waals surface area contributed by atoms with Crippen molar-refractivity contribution in [2.75, 3.05) is 0 Å². The van der Waals surface area contributed by atoms with Crippen molar-refractivity contribution in [1.29, 1.82) is 0 Å². The molecule has 0 aliphatic heterocycles. The van der Waals surface area contributed by atoms with Gasteiger partial charge in [-0.2, -0.15) is 0 Å². The zero-order chi connectivity index (χ0) is 19.7. The molecule has 0 unspecified atom stereocenters. The summed E-state index contributed by atoms with van der Waals surface area (Å²) in [5.74, 6) is -1.76. The predicted molar refractivity (Wildman–Crippen MR) is 105 cm³/mol. The quantitative estimate of drug-likeness (QED) is 0.720. The first-order valence-corrected chi connectivity index (χ1v) is 9.07. The van der Waals surface area contributed by atoms with Gasteiger partial charge in [-0.25, -0.2) is 4.39 Å². The number of primary amides is 1. The highest BCUT2D eigenvalue weighted by Gasteiger charge is 2.34. The van der Waals surface area contributed by atoms with Gasteiger partial charge in [-0.1, -0.05) is 60.7 Å². The Labute approximate surface area is 162 Å². The lowest BCUT2D eigenvalue weighted by Gasteiger charge is -2.20. The highest BCUT2D eigenvalue weighted by Crippen LogP contribution is 2.44. The number of nitrogens with one attached hydrogen (secondary N) is 1. The second-order valence-corrected chi connectivity index (χ2v) is 6.90. The average Bonchev–Trinajstić information content (AvgIpc) is 3.03. The predicted octanol–water partition coefficient (Wildman–Crippen LogP) is 3.15. The molecule has 0 saturated heterocycles. The van der Waals surface area contributed by atoms with Gasteiger partial charge in [-0.15, -0.1) is 0 Å². The third kappa shape index (κ3) is 3.27. The summed E-state index contributed by atoms with van der Waals surface area (Å²) in [4.78, 5) is 25.1. The van der Waals surface area contributed by atoms with Crippen LogP contribution in [0.3, 0.4) is 0 Å². The maximum atomic E-state index is 13.2. The van der Waals surface area contributed by atoms with Gasteiger partial charge < -0.3 is 11.1 Å². The van der Waals surface area contributed by atoms with Crippen molar-refractivity contribution < 1.29 is 14.0 Å². The molecule has 0 aromatic heterocycles. The Morgan fingerprint density at radius 1 is 0.893 bits per heavy atom. The molecule has 1 atom stereocenters. The van der Waals surface area contributed by atoms with Gasteiger partial charge in [0.05, 0.1) is 5.92 Å². The van der Waals surface area contributed by atoms with Crippen LogP contribution in [0.1, 0.15) is 22.6 Å². The maximum absolute atomic E-state index is 13.2. The van der Waals surface area contributed by atoms with Gasteiger partial charge >= 0.3 is 0 Å². The fourth-order valence-electron chi connectivity index (χ4n) is 3.77. The van der Waals surface area contributed by atoms with E-state index < -0.39 is 17.9 Å². The molecule has 5 heteroatoms. The van der Waals surface area contributed by atoms with Crippen molar-refractivity contribution in [1.82, 2.24) is 5.32 Å². The highest BCUT2D eigenvalue weighted by molar-refractivity contribution is 5.98. The number of benzene rings is 3. The first-order valence-electron chi connectivity index (χ1n) is 9.07. The summed E-state index contributed by atoms with van der Waals surface area (Å²) in [6, 6.07) is 20.4. The second kappa shape index (κ2) is 7.27. The topological polar surface area (TPSA) is 72.2 Å². The van der Waals surface area contributed by atoms with Gasteiger partial charge in [-0.05, 0) is 39.9 Å². The molecule has 0 saturated carbocycles. The SMILES string of the molecule is NC(=O)[C@H](Cc1ccc(F)cc1)NC(=O)C1c2ccccc2-c2ccccc21. The van der Waals surface area contributed by atoms with Crippen molar-refractivity contribution in [3.05, 3.63) is 95.3 Å². The number of carbonyl (C=O) groups is 2. The molecular weight excluding hydrogens is 355 g/mol. The minimum Gasteiger partial charge on any atom is -0.368 e. The fourth-order valence-corrected chi connectivity index (χ4v) is 3.77. The zero-order valence-corrected chi connectivity index (χ0v) is 15.1. The van der Waals surface area contributed by atoms with Crippen molar-refractivity contribution in [3.8, 4) is 11.1 Å². The van der Waals surface area contributed by atoms with Gasteiger partial charge in [-0.3, -0.25) is 9.59 Å². The highest BCUT2D eigenvalue weighted by atomic mass is 19.1. The molecule has 1 aliphatic carbocycles. The molecule has 4 rings (SSSR count). The maximum Gasteiger partial charge on any atom is 0.240 e. The molecule has 2 amide bonds. The zero-order valence-electron chi connectivity index (χ0n) is 15.1. The molecule has 3 aromatic rings. The number of rotatable bonds is 5. The van der Waals surface area contributed by atoms with Crippen LogP contribution in [0.15, 0.2) is 72.8 Å². The molecule has 0 heterocycles. The van der Waals surface area contributed by atoms with Gasteiger partial charge in [0, 0.05) is 6.42 Å². The lowest BCUT2D eigenvalue weighted by atomic mass is 9.95. The summed E-state index contributed by atoms with van der Waals surface area (Å²) in [6.07, 6.45) is 0.206. The average molecular weight is 374 g/mol. The molecule has 0 bridgehead atoms. The van der Waals surface area contributed by atoms with Crippen LogP contribution in [0.5, 0.6) is 0 Å². The third-order valence-electron chi connectivity index (χ3n) is 5.11. The molecule has 28 heavy (non-hydrogen) atoms. The monoisotopic (exact) mass is 374 g/mol. The third-order valence-corrected chi connectivity index (χ3v) is 5.11. The van der Waals surface area contributed by atoms with Crippen LogP contribution in [0.25, 0.3) is 11.1 Å². The summed E-state index contributed by atoms with van der Waals surface area (Å²) in [6.45, 7) is 0. The Kier molecular flexibility index (Phi) is 4.65. The Bertz CT molecular complexity index is 1000. The number of halogens is 1. The van der Waals surface area contributed by atoms with E-state index in [1.165, 1.54) is 12.1 Å². The normalized spacial score (nSPS) is 13.5. The van der Waals surface area contributed by atoms with E-state index in [-0.39, 0.29) is 18.1 Å². The van der Waals surface area contributed by atoms with E-state index >= 15 is 0 Å². The summed E-state index contributed by atoms with van der Waals surface area (Å²) in [7, 11) is 0. The molecule has 3 N–H and O–H groups in total. The van der Waals surface area contributed by atoms with Crippen LogP contribution in [-0.4, -0.2) is 17.9 Å². The first kappa shape index (κ1) is 17.9. The van der Waals surface area contributed by atoms with Crippen molar-refractivity contribution in [2.45, 2.75) is 18.4 Å². The van der Waals surface area contributed by atoms with E-state index in [9.17, 15) is 14.0 Å². The van der Waals surface area contributed by atoms with Crippen LogP contribution in [0.2, 0.25) is 0 Å². The molecule has 3 aromatic carbocycles. The molecule has 0 radical (unpaired) electrons. The first-order chi connectivity index (χ1) is 13.5. The van der Waals surface area contributed by atoms with Gasteiger partial charge in [0.25, 0.3) is 0 Å². The molecule has 0 spiro atoms. The molecule has 1 aliphatic rings. The molecule has 4 nitrogen and oxygen atoms in total. The standard InChI is InChI=1S/C23H19FN2O2/c24-15-11-9-14(10-12-15)13-20(22(25)27)26-23(28)21-18-7-3-1-5-16(18)17-6-2-4-8-19(17)21/h1-12,20-21H,13H2,(H2,25,27)(H,26,28)/t20-/m0/s1. The lowest BCUT2D eigenvalue weighted by Crippen LogP contribution is -2.47. The minimum atomic E-state index is -0.877. The number of hydrogen-bond donors (Lipinski definition) is 2. The van der Waals surface area contributed by atoms with Gasteiger partial charge in [0.2, 0.25) is 11.8 Å². The van der Waals surface area contributed by atoms with Crippen molar-refractivity contribution in [3.63, 3.8) is 0 Å². The van der Waals surface area contributed by atoms with Gasteiger partial charge in [0.15, 0.2) is 0 Å².